The molecule has 0 bridgehead atoms. The largest absolute Gasteiger partial charge is 0.508 e. The van der Waals surface area contributed by atoms with Crippen LogP contribution in [-0.4, -0.2) is 91.1 Å². The minimum absolute atomic E-state index is 0.123. The second-order valence-electron chi connectivity index (χ2n) is 15.9. The van der Waals surface area contributed by atoms with Gasteiger partial charge in [-0.3, -0.25) is 24.6 Å². The molecule has 0 saturated carbocycles. The van der Waals surface area contributed by atoms with Gasteiger partial charge in [-0.15, -0.1) is 0 Å². The van der Waals surface area contributed by atoms with Gasteiger partial charge in [-0.05, 0) is 91.2 Å². The SMILES string of the molecule is O=C1CC[C@H](N2Cc3cc(N4CCN(CCC5CCN(c6ccc([C@@H]7c8ccc(O)cc8OC[C@@H]7c7ccccc7)cc6)CC5)CC4)ccc3C2=O)C(=O)N1. The van der Waals surface area contributed by atoms with Gasteiger partial charge in [0.2, 0.25) is 11.8 Å². The summed E-state index contributed by atoms with van der Waals surface area (Å²) in [5, 5.41) is 12.5. The molecule has 55 heavy (non-hydrogen) atoms. The highest BCUT2D eigenvalue weighted by Gasteiger charge is 2.39. The molecule has 0 spiro atoms. The summed E-state index contributed by atoms with van der Waals surface area (Å²) in [5.74, 6) is 1.30. The molecule has 10 nitrogen and oxygen atoms in total. The molecule has 0 aliphatic carbocycles. The first kappa shape index (κ1) is 35.4. The van der Waals surface area contributed by atoms with Gasteiger partial charge in [-0.1, -0.05) is 48.5 Å². The Morgan fingerprint density at radius 2 is 1.49 bits per heavy atom. The average molecular weight is 740 g/mol. The zero-order valence-electron chi connectivity index (χ0n) is 31.2. The van der Waals surface area contributed by atoms with Gasteiger partial charge in [-0.2, -0.15) is 0 Å². The molecule has 5 aliphatic rings. The fourth-order valence-electron chi connectivity index (χ4n) is 9.52. The van der Waals surface area contributed by atoms with E-state index < -0.39 is 6.04 Å². The molecule has 3 fully saturated rings. The number of aromatic hydroxyl groups is 1. The lowest BCUT2D eigenvalue weighted by Crippen LogP contribution is -2.52. The molecule has 4 aromatic carbocycles. The number of piperazine rings is 1. The smallest absolute Gasteiger partial charge is 0.255 e. The Morgan fingerprint density at radius 3 is 2.25 bits per heavy atom. The van der Waals surface area contributed by atoms with Gasteiger partial charge in [0.05, 0.1) is 6.61 Å². The van der Waals surface area contributed by atoms with Crippen molar-refractivity contribution in [3.8, 4) is 11.5 Å². The van der Waals surface area contributed by atoms with Crippen LogP contribution in [0, 0.1) is 5.92 Å². The van der Waals surface area contributed by atoms with Crippen molar-refractivity contribution >= 4 is 29.1 Å². The molecule has 4 aromatic rings. The Balaban J connectivity index is 0.756. The zero-order chi connectivity index (χ0) is 37.5. The number of imide groups is 1. The molecule has 5 aliphatic heterocycles. The maximum absolute atomic E-state index is 13.1. The number of anilines is 2. The van der Waals surface area contributed by atoms with E-state index in [2.05, 4.69) is 80.7 Å². The van der Waals surface area contributed by atoms with E-state index in [1.807, 2.05) is 18.2 Å². The standard InChI is InChI=1S/C45H49N5O5/c51-36-11-13-38-41(27-36)55-29-39(31-4-2-1-3-5-31)43(38)32-6-8-34(9-7-32)48-20-17-30(18-21-48)16-19-47-22-24-49(25-23-47)35-10-12-37-33(26-35)28-50(45(37)54)40-14-15-42(52)46-44(40)53/h1-13,26-27,30,39-40,43,51H,14-25,28-29H2,(H,46,52,53)/t39-,40+,43-/m1/s1. The second-order valence-corrected chi connectivity index (χ2v) is 15.9. The Labute approximate surface area is 322 Å². The summed E-state index contributed by atoms with van der Waals surface area (Å²) in [4.78, 5) is 46.4. The highest BCUT2D eigenvalue weighted by Crippen LogP contribution is 2.47. The van der Waals surface area contributed by atoms with Gasteiger partial charge in [0.15, 0.2) is 0 Å². The quantitative estimate of drug-likeness (QED) is 0.216. The van der Waals surface area contributed by atoms with Crippen LogP contribution in [0.5, 0.6) is 11.5 Å². The Morgan fingerprint density at radius 1 is 0.745 bits per heavy atom. The van der Waals surface area contributed by atoms with E-state index in [0.717, 1.165) is 74.3 Å². The van der Waals surface area contributed by atoms with Crippen molar-refractivity contribution in [3.63, 3.8) is 0 Å². The Hall–Kier alpha value is -5.35. The van der Waals surface area contributed by atoms with E-state index in [4.69, 9.17) is 4.74 Å². The Kier molecular flexibility index (Phi) is 9.68. The number of carbonyl (C=O) groups excluding carboxylic acids is 3. The van der Waals surface area contributed by atoms with E-state index >= 15 is 0 Å². The van der Waals surface area contributed by atoms with E-state index in [1.54, 1.807) is 17.0 Å². The number of nitrogens with zero attached hydrogens (tertiary/aromatic N) is 4. The molecule has 3 amide bonds. The molecular weight excluding hydrogens is 691 g/mol. The van der Waals surface area contributed by atoms with Crippen LogP contribution < -0.4 is 19.9 Å². The third-order valence-electron chi connectivity index (χ3n) is 12.7. The summed E-state index contributed by atoms with van der Waals surface area (Å²) in [6.45, 7) is 8.20. The maximum Gasteiger partial charge on any atom is 0.255 e. The minimum atomic E-state index is -0.586. The number of phenols is 1. The van der Waals surface area contributed by atoms with Crippen LogP contribution in [0.3, 0.4) is 0 Å². The normalized spacial score (nSPS) is 23.3. The van der Waals surface area contributed by atoms with Crippen LogP contribution in [0.15, 0.2) is 91.0 Å². The monoisotopic (exact) mass is 739 g/mol. The molecule has 284 valence electrons. The van der Waals surface area contributed by atoms with Crippen molar-refractivity contribution in [2.75, 3.05) is 62.2 Å². The number of carbonyl (C=O) groups is 3. The molecular formula is C45H49N5O5. The molecule has 3 saturated heterocycles. The predicted molar refractivity (Wildman–Crippen MR) is 212 cm³/mol. The minimum Gasteiger partial charge on any atom is -0.508 e. The number of fused-ring (bicyclic) bond motifs is 2. The van der Waals surface area contributed by atoms with Crippen molar-refractivity contribution in [1.29, 1.82) is 0 Å². The molecule has 0 unspecified atom stereocenters. The van der Waals surface area contributed by atoms with E-state index in [-0.39, 0.29) is 41.7 Å². The maximum atomic E-state index is 13.1. The molecule has 3 atom stereocenters. The van der Waals surface area contributed by atoms with Crippen LogP contribution >= 0.6 is 0 Å². The van der Waals surface area contributed by atoms with Crippen molar-refractivity contribution < 1.29 is 24.2 Å². The first-order valence-corrected chi connectivity index (χ1v) is 20.0. The zero-order valence-corrected chi connectivity index (χ0v) is 31.2. The summed E-state index contributed by atoms with van der Waals surface area (Å²) < 4.78 is 6.17. The van der Waals surface area contributed by atoms with Gasteiger partial charge in [0.1, 0.15) is 17.5 Å². The molecule has 10 heteroatoms. The molecule has 2 N–H and O–H groups in total. The van der Waals surface area contributed by atoms with Crippen LogP contribution in [0.1, 0.15) is 76.6 Å². The van der Waals surface area contributed by atoms with Gasteiger partial charge in [0, 0.05) is 92.6 Å². The van der Waals surface area contributed by atoms with Gasteiger partial charge >= 0.3 is 0 Å². The lowest BCUT2D eigenvalue weighted by Gasteiger charge is -2.38. The summed E-state index contributed by atoms with van der Waals surface area (Å²) >= 11 is 0. The lowest BCUT2D eigenvalue weighted by atomic mass is 9.76. The number of phenolic OH excluding ortho intramolecular Hbond substituents is 1. The summed E-state index contributed by atoms with van der Waals surface area (Å²) in [6.07, 6.45) is 4.28. The number of rotatable bonds is 8. The third-order valence-corrected chi connectivity index (χ3v) is 12.7. The van der Waals surface area contributed by atoms with Crippen molar-refractivity contribution in [2.24, 2.45) is 5.92 Å². The lowest BCUT2D eigenvalue weighted by molar-refractivity contribution is -0.136. The number of hydrogen-bond acceptors (Lipinski definition) is 8. The Bertz CT molecular complexity index is 2060. The number of amides is 3. The first-order chi connectivity index (χ1) is 26.9. The van der Waals surface area contributed by atoms with Crippen LogP contribution in [0.2, 0.25) is 0 Å². The van der Waals surface area contributed by atoms with Crippen LogP contribution in [-0.2, 0) is 16.1 Å². The number of benzene rings is 4. The number of nitrogens with one attached hydrogen (secondary N) is 1. The summed E-state index contributed by atoms with van der Waals surface area (Å²) in [5.41, 5.74) is 7.69. The first-order valence-electron chi connectivity index (χ1n) is 20.0. The highest BCUT2D eigenvalue weighted by molar-refractivity contribution is 6.05. The predicted octanol–water partition coefficient (Wildman–Crippen LogP) is 5.89. The molecule has 0 radical (unpaired) electrons. The molecule has 0 aromatic heterocycles. The van der Waals surface area contributed by atoms with Crippen molar-refractivity contribution in [2.45, 2.75) is 56.5 Å². The summed E-state index contributed by atoms with van der Waals surface area (Å²) in [7, 11) is 0. The number of ether oxygens (including phenoxy) is 1. The topological polar surface area (TPSA) is 106 Å². The fourth-order valence-corrected chi connectivity index (χ4v) is 9.52. The van der Waals surface area contributed by atoms with Crippen LogP contribution in [0.4, 0.5) is 11.4 Å². The number of hydrogen-bond donors (Lipinski definition) is 2. The fraction of sp³-hybridized carbons (Fsp3) is 0.400. The summed E-state index contributed by atoms with van der Waals surface area (Å²) in [6, 6.07) is 30.8. The highest BCUT2D eigenvalue weighted by atomic mass is 16.5. The van der Waals surface area contributed by atoms with Gasteiger partial charge in [-0.25, -0.2) is 0 Å². The second kappa shape index (κ2) is 15.1. The molecule has 5 heterocycles. The van der Waals surface area contributed by atoms with E-state index in [0.29, 0.717) is 25.1 Å². The number of piperidine rings is 2. The van der Waals surface area contributed by atoms with Crippen molar-refractivity contribution in [1.82, 2.24) is 15.1 Å². The van der Waals surface area contributed by atoms with E-state index in [9.17, 15) is 19.5 Å². The van der Waals surface area contributed by atoms with Crippen molar-refractivity contribution in [3.05, 3.63) is 119 Å². The average Bonchev–Trinajstić information content (AvgIpc) is 3.55. The molecule has 9 rings (SSSR count). The van der Waals surface area contributed by atoms with Gasteiger partial charge < -0.3 is 24.5 Å². The van der Waals surface area contributed by atoms with Crippen LogP contribution in [0.25, 0.3) is 0 Å². The van der Waals surface area contributed by atoms with Gasteiger partial charge in [0.25, 0.3) is 5.91 Å². The van der Waals surface area contributed by atoms with E-state index in [1.165, 1.54) is 36.1 Å². The third kappa shape index (κ3) is 7.15.